The van der Waals surface area contributed by atoms with Crippen molar-refractivity contribution in [2.45, 2.75) is 0 Å². The van der Waals surface area contributed by atoms with Crippen molar-refractivity contribution in [3.05, 3.63) is 45.6 Å². The zero-order chi connectivity index (χ0) is 14.0. The Labute approximate surface area is 123 Å². The molecule has 0 fully saturated rings. The molecule has 0 aromatic heterocycles. The molecule has 100 valence electrons. The Morgan fingerprint density at radius 2 is 1.95 bits per heavy atom. The number of halogens is 3. The summed E-state index contributed by atoms with van der Waals surface area (Å²) in [5.41, 5.74) is 6.21. The topological polar surface area (TPSA) is 44.5 Å². The van der Waals surface area contributed by atoms with Gasteiger partial charge in [-0.3, -0.25) is 0 Å². The van der Waals surface area contributed by atoms with Gasteiger partial charge >= 0.3 is 0 Å². The van der Waals surface area contributed by atoms with Gasteiger partial charge in [-0.15, -0.1) is 0 Å². The van der Waals surface area contributed by atoms with E-state index in [-0.39, 0.29) is 10.8 Å². The van der Waals surface area contributed by atoms with Crippen LogP contribution < -0.4 is 15.2 Å². The highest BCUT2D eigenvalue weighted by molar-refractivity contribution is 9.10. The van der Waals surface area contributed by atoms with Crippen LogP contribution >= 0.6 is 27.5 Å². The quantitative estimate of drug-likeness (QED) is 0.651. The summed E-state index contributed by atoms with van der Waals surface area (Å²) in [6.07, 6.45) is 0. The Bertz CT molecular complexity index is 622. The lowest BCUT2D eigenvalue weighted by atomic mass is 10.2. The van der Waals surface area contributed by atoms with Crippen molar-refractivity contribution in [1.29, 1.82) is 0 Å². The number of benzene rings is 2. The van der Waals surface area contributed by atoms with E-state index in [9.17, 15) is 4.39 Å². The molecule has 0 aliphatic heterocycles. The third-order valence-electron chi connectivity index (χ3n) is 2.42. The van der Waals surface area contributed by atoms with Gasteiger partial charge in [0.05, 0.1) is 22.3 Å². The first-order chi connectivity index (χ1) is 9.01. The van der Waals surface area contributed by atoms with Gasteiger partial charge in [0.2, 0.25) is 0 Å². The molecule has 0 aliphatic rings. The van der Waals surface area contributed by atoms with E-state index in [4.69, 9.17) is 26.8 Å². The third kappa shape index (κ3) is 3.11. The molecule has 0 unspecified atom stereocenters. The largest absolute Gasteiger partial charge is 0.497 e. The fraction of sp³-hybridized carbons (Fsp3) is 0.0769. The minimum Gasteiger partial charge on any atom is -0.497 e. The van der Waals surface area contributed by atoms with E-state index in [2.05, 4.69) is 15.9 Å². The minimum atomic E-state index is -0.568. The lowest BCUT2D eigenvalue weighted by molar-refractivity contribution is 0.409. The van der Waals surface area contributed by atoms with Gasteiger partial charge in [-0.1, -0.05) is 11.6 Å². The molecule has 3 nitrogen and oxygen atoms in total. The molecular formula is C13H10BrClFNO2. The van der Waals surface area contributed by atoms with Gasteiger partial charge in [-0.05, 0) is 34.1 Å². The average Bonchev–Trinajstić information content (AvgIpc) is 2.38. The highest BCUT2D eigenvalue weighted by atomic mass is 79.9. The molecule has 2 aromatic carbocycles. The second-order valence-electron chi connectivity index (χ2n) is 3.70. The Morgan fingerprint density at radius 1 is 1.21 bits per heavy atom. The summed E-state index contributed by atoms with van der Waals surface area (Å²) in [6.45, 7) is 0. The van der Waals surface area contributed by atoms with Crippen molar-refractivity contribution < 1.29 is 13.9 Å². The monoisotopic (exact) mass is 345 g/mol. The van der Waals surface area contributed by atoms with Crippen LogP contribution in [-0.4, -0.2) is 7.11 Å². The van der Waals surface area contributed by atoms with Crippen LogP contribution in [0.4, 0.5) is 10.1 Å². The molecule has 0 radical (unpaired) electrons. The highest BCUT2D eigenvalue weighted by Crippen LogP contribution is 2.37. The summed E-state index contributed by atoms with van der Waals surface area (Å²) in [5, 5.41) is 0.0119. The molecule has 0 amide bonds. The van der Waals surface area contributed by atoms with Crippen molar-refractivity contribution in [2.24, 2.45) is 0 Å². The Kier molecular flexibility index (Phi) is 4.17. The fourth-order valence-electron chi connectivity index (χ4n) is 1.43. The SMILES string of the molecule is COc1ccc(N)c(Oc2cc(F)c(Cl)cc2Br)c1. The van der Waals surface area contributed by atoms with Crippen LogP contribution in [0.25, 0.3) is 0 Å². The zero-order valence-corrected chi connectivity index (χ0v) is 12.3. The van der Waals surface area contributed by atoms with Crippen LogP contribution in [0.5, 0.6) is 17.2 Å². The smallest absolute Gasteiger partial charge is 0.154 e. The summed E-state index contributed by atoms with van der Waals surface area (Å²) in [6, 6.07) is 7.58. The predicted molar refractivity (Wildman–Crippen MR) is 76.6 cm³/mol. The van der Waals surface area contributed by atoms with Gasteiger partial charge in [0.25, 0.3) is 0 Å². The second-order valence-corrected chi connectivity index (χ2v) is 4.96. The van der Waals surface area contributed by atoms with Gasteiger partial charge in [-0.25, -0.2) is 4.39 Å². The van der Waals surface area contributed by atoms with Gasteiger partial charge in [0.15, 0.2) is 5.75 Å². The molecule has 19 heavy (non-hydrogen) atoms. The number of nitrogens with two attached hydrogens (primary N) is 1. The van der Waals surface area contributed by atoms with Crippen LogP contribution in [0.3, 0.4) is 0 Å². The molecule has 0 bridgehead atoms. The summed E-state index contributed by atoms with van der Waals surface area (Å²) in [7, 11) is 1.53. The number of anilines is 1. The maximum absolute atomic E-state index is 13.4. The van der Waals surface area contributed by atoms with E-state index >= 15 is 0 Å². The molecule has 0 saturated heterocycles. The molecule has 6 heteroatoms. The Morgan fingerprint density at radius 3 is 2.63 bits per heavy atom. The lowest BCUT2D eigenvalue weighted by Crippen LogP contribution is -1.94. The number of methoxy groups -OCH3 is 1. The Balaban J connectivity index is 2.38. The van der Waals surface area contributed by atoms with E-state index in [0.717, 1.165) is 0 Å². The lowest BCUT2D eigenvalue weighted by Gasteiger charge is -2.12. The zero-order valence-electron chi connectivity index (χ0n) is 9.91. The summed E-state index contributed by atoms with van der Waals surface area (Å²) in [5.74, 6) is 0.680. The summed E-state index contributed by atoms with van der Waals surface area (Å²) in [4.78, 5) is 0. The number of rotatable bonds is 3. The first-order valence-corrected chi connectivity index (χ1v) is 6.44. The normalized spacial score (nSPS) is 10.3. The number of ether oxygens (including phenoxy) is 2. The maximum Gasteiger partial charge on any atom is 0.154 e. The molecule has 0 saturated carbocycles. The highest BCUT2D eigenvalue weighted by Gasteiger charge is 2.11. The second kappa shape index (κ2) is 5.67. The van der Waals surface area contributed by atoms with Gasteiger partial charge < -0.3 is 15.2 Å². The van der Waals surface area contributed by atoms with E-state index in [1.165, 1.54) is 19.2 Å². The number of nitrogen functional groups attached to an aromatic ring is 1. The van der Waals surface area contributed by atoms with E-state index in [1.807, 2.05) is 0 Å². The molecule has 2 N–H and O–H groups in total. The van der Waals surface area contributed by atoms with Crippen LogP contribution in [0.15, 0.2) is 34.8 Å². The molecule has 0 heterocycles. The molecular weight excluding hydrogens is 337 g/mol. The first kappa shape index (κ1) is 14.0. The van der Waals surface area contributed by atoms with Gasteiger partial charge in [0, 0.05) is 12.1 Å². The molecule has 0 aliphatic carbocycles. The Hall–Kier alpha value is -1.46. The molecule has 0 spiro atoms. The van der Waals surface area contributed by atoms with Crippen molar-refractivity contribution in [3.63, 3.8) is 0 Å². The first-order valence-electron chi connectivity index (χ1n) is 5.27. The van der Waals surface area contributed by atoms with E-state index < -0.39 is 5.82 Å². The van der Waals surface area contributed by atoms with Gasteiger partial charge in [-0.2, -0.15) is 0 Å². The average molecular weight is 347 g/mol. The van der Waals surface area contributed by atoms with Crippen LogP contribution in [0, 0.1) is 5.82 Å². The van der Waals surface area contributed by atoms with Crippen molar-refractivity contribution in [1.82, 2.24) is 0 Å². The summed E-state index contributed by atoms with van der Waals surface area (Å²) < 4.78 is 24.6. The minimum absolute atomic E-state index is 0.0119. The summed E-state index contributed by atoms with van der Waals surface area (Å²) >= 11 is 8.91. The van der Waals surface area contributed by atoms with Crippen LogP contribution in [-0.2, 0) is 0 Å². The third-order valence-corrected chi connectivity index (χ3v) is 3.32. The molecule has 2 rings (SSSR count). The number of hydrogen-bond acceptors (Lipinski definition) is 3. The molecule has 0 atom stereocenters. The van der Waals surface area contributed by atoms with Crippen molar-refractivity contribution in [3.8, 4) is 17.2 Å². The van der Waals surface area contributed by atoms with Crippen molar-refractivity contribution in [2.75, 3.05) is 12.8 Å². The van der Waals surface area contributed by atoms with Crippen molar-refractivity contribution >= 4 is 33.2 Å². The standard InChI is InChI=1S/C13H10BrClFNO2/c1-18-7-2-3-11(17)13(4-7)19-12-6-10(16)9(15)5-8(12)14/h2-6H,17H2,1H3. The predicted octanol–water partition coefficient (Wildman–Crippen LogP) is 4.62. The van der Waals surface area contributed by atoms with E-state index in [0.29, 0.717) is 21.7 Å². The van der Waals surface area contributed by atoms with Crippen LogP contribution in [0.2, 0.25) is 5.02 Å². The maximum atomic E-state index is 13.4. The van der Waals surface area contributed by atoms with E-state index in [1.54, 1.807) is 18.2 Å². The number of hydrogen-bond donors (Lipinski definition) is 1. The molecule has 2 aromatic rings. The fourth-order valence-corrected chi connectivity index (χ4v) is 2.15. The van der Waals surface area contributed by atoms with Gasteiger partial charge in [0.1, 0.15) is 17.3 Å². The van der Waals surface area contributed by atoms with Crippen LogP contribution in [0.1, 0.15) is 0 Å².